The van der Waals surface area contributed by atoms with Gasteiger partial charge < -0.3 is 10.6 Å². The predicted molar refractivity (Wildman–Crippen MR) is 108 cm³/mol. The first-order valence-corrected chi connectivity index (χ1v) is 10.1. The summed E-state index contributed by atoms with van der Waals surface area (Å²) < 4.78 is 14.0. The number of halogens is 1. The van der Waals surface area contributed by atoms with Crippen molar-refractivity contribution in [3.63, 3.8) is 0 Å². The van der Waals surface area contributed by atoms with Crippen LogP contribution < -0.4 is 5.73 Å². The second kappa shape index (κ2) is 8.02. The molecule has 2 aromatic heterocycles. The van der Waals surface area contributed by atoms with E-state index < -0.39 is 5.91 Å². The van der Waals surface area contributed by atoms with E-state index in [9.17, 15) is 14.0 Å². The minimum Gasteiger partial charge on any atom is -0.366 e. The lowest BCUT2D eigenvalue weighted by Crippen LogP contribution is -2.35. The van der Waals surface area contributed by atoms with Crippen LogP contribution in [-0.2, 0) is 6.54 Å². The first kappa shape index (κ1) is 19.3. The number of thiophene rings is 2. The van der Waals surface area contributed by atoms with Crippen LogP contribution in [0.1, 0.15) is 38.8 Å². The summed E-state index contributed by atoms with van der Waals surface area (Å²) in [4.78, 5) is 28.1. The zero-order valence-corrected chi connectivity index (χ0v) is 16.6. The van der Waals surface area contributed by atoms with Gasteiger partial charge in [0.1, 0.15) is 5.82 Å². The van der Waals surface area contributed by atoms with Crippen LogP contribution in [0.4, 0.5) is 4.39 Å². The molecule has 2 heterocycles. The van der Waals surface area contributed by atoms with Gasteiger partial charge in [0.25, 0.3) is 5.91 Å². The zero-order valence-electron chi connectivity index (χ0n) is 14.9. The highest BCUT2D eigenvalue weighted by Gasteiger charge is 2.22. The van der Waals surface area contributed by atoms with E-state index in [-0.39, 0.29) is 17.8 Å². The highest BCUT2D eigenvalue weighted by atomic mass is 32.1. The van der Waals surface area contributed by atoms with E-state index in [0.717, 1.165) is 9.75 Å². The summed E-state index contributed by atoms with van der Waals surface area (Å²) in [7, 11) is 0. The average molecular weight is 403 g/mol. The van der Waals surface area contributed by atoms with Crippen molar-refractivity contribution in [2.75, 3.05) is 0 Å². The average Bonchev–Trinajstić information content (AvgIpc) is 3.29. The highest BCUT2D eigenvalue weighted by molar-refractivity contribution is 7.15. The van der Waals surface area contributed by atoms with Crippen LogP contribution in [-0.4, -0.2) is 22.8 Å². The van der Waals surface area contributed by atoms with E-state index in [1.165, 1.54) is 34.8 Å². The fourth-order valence-corrected chi connectivity index (χ4v) is 4.53. The smallest absolute Gasteiger partial charge is 0.264 e. The summed E-state index contributed by atoms with van der Waals surface area (Å²) in [5, 5.41) is 1.59. The van der Waals surface area contributed by atoms with Gasteiger partial charge in [-0.05, 0) is 38.1 Å². The summed E-state index contributed by atoms with van der Waals surface area (Å²) in [6.45, 7) is 4.29. The van der Waals surface area contributed by atoms with Crippen LogP contribution in [0, 0.1) is 5.82 Å². The second-order valence-electron chi connectivity index (χ2n) is 6.34. The van der Waals surface area contributed by atoms with Crippen LogP contribution in [0.25, 0.3) is 10.4 Å². The third-order valence-electron chi connectivity index (χ3n) is 4.11. The van der Waals surface area contributed by atoms with Gasteiger partial charge in [0.05, 0.1) is 17.0 Å². The molecule has 0 unspecified atom stereocenters. The minimum absolute atomic E-state index is 0.0318. The largest absolute Gasteiger partial charge is 0.366 e. The fraction of sp³-hybridized carbons (Fsp3) is 0.200. The van der Waals surface area contributed by atoms with Gasteiger partial charge in [-0.1, -0.05) is 18.2 Å². The number of hydrogen-bond acceptors (Lipinski definition) is 4. The lowest BCUT2D eigenvalue weighted by Gasteiger charge is -2.25. The second-order valence-corrected chi connectivity index (χ2v) is 8.42. The van der Waals surface area contributed by atoms with E-state index in [4.69, 9.17) is 5.73 Å². The molecule has 4 nitrogen and oxygen atoms in total. The van der Waals surface area contributed by atoms with Crippen molar-refractivity contribution in [2.45, 2.75) is 26.4 Å². The molecule has 0 aliphatic rings. The van der Waals surface area contributed by atoms with E-state index >= 15 is 0 Å². The first-order valence-electron chi connectivity index (χ1n) is 8.39. The van der Waals surface area contributed by atoms with Crippen molar-refractivity contribution in [1.29, 1.82) is 0 Å². The van der Waals surface area contributed by atoms with Crippen molar-refractivity contribution in [2.24, 2.45) is 5.73 Å². The number of benzene rings is 1. The van der Waals surface area contributed by atoms with Crippen molar-refractivity contribution in [3.8, 4) is 10.4 Å². The molecule has 0 aliphatic heterocycles. The Morgan fingerprint density at radius 1 is 1.19 bits per heavy atom. The van der Waals surface area contributed by atoms with E-state index in [1.54, 1.807) is 28.5 Å². The third-order valence-corrected chi connectivity index (χ3v) is 6.13. The molecule has 0 spiro atoms. The molecule has 0 radical (unpaired) electrons. The SMILES string of the molecule is CC(C)N(Cc1ccc(-c2ccccc2F)s1)C(=O)c1cc(C(N)=O)cs1. The van der Waals surface area contributed by atoms with Gasteiger partial charge in [0.15, 0.2) is 0 Å². The maximum absolute atomic E-state index is 14.0. The molecule has 0 saturated carbocycles. The lowest BCUT2D eigenvalue weighted by atomic mass is 10.2. The van der Waals surface area contributed by atoms with E-state index in [1.807, 2.05) is 26.0 Å². The number of primary amides is 1. The summed E-state index contributed by atoms with van der Waals surface area (Å²) in [5.41, 5.74) is 6.16. The maximum atomic E-state index is 14.0. The first-order chi connectivity index (χ1) is 12.9. The normalized spacial score (nSPS) is 11.0. The number of nitrogens with zero attached hydrogens (tertiary/aromatic N) is 1. The van der Waals surface area contributed by atoms with Crippen molar-refractivity contribution >= 4 is 34.5 Å². The Kier molecular flexibility index (Phi) is 5.72. The number of rotatable bonds is 6. The van der Waals surface area contributed by atoms with Gasteiger partial charge in [-0.25, -0.2) is 4.39 Å². The number of amides is 2. The fourth-order valence-electron chi connectivity index (χ4n) is 2.64. The van der Waals surface area contributed by atoms with Crippen molar-refractivity contribution in [1.82, 2.24) is 4.90 Å². The molecule has 7 heteroatoms. The molecule has 0 aliphatic carbocycles. The molecule has 140 valence electrons. The summed E-state index contributed by atoms with van der Waals surface area (Å²) >= 11 is 2.67. The van der Waals surface area contributed by atoms with Gasteiger partial charge in [-0.15, -0.1) is 22.7 Å². The molecule has 27 heavy (non-hydrogen) atoms. The number of nitrogens with two attached hydrogens (primary N) is 1. The van der Waals surface area contributed by atoms with Gasteiger partial charge in [0.2, 0.25) is 5.91 Å². The Labute approximate surface area is 165 Å². The number of carbonyl (C=O) groups excluding carboxylic acids is 2. The third kappa shape index (κ3) is 4.26. The summed E-state index contributed by atoms with van der Waals surface area (Å²) in [6.07, 6.45) is 0. The molecule has 0 saturated heterocycles. The predicted octanol–water partition coefficient (Wildman–Crippen LogP) is 4.77. The summed E-state index contributed by atoms with van der Waals surface area (Å²) in [5.74, 6) is -0.960. The van der Waals surface area contributed by atoms with Crippen LogP contribution in [0.5, 0.6) is 0 Å². The Morgan fingerprint density at radius 3 is 2.56 bits per heavy atom. The van der Waals surface area contributed by atoms with Crippen molar-refractivity contribution < 1.29 is 14.0 Å². The topological polar surface area (TPSA) is 63.4 Å². The molecule has 0 bridgehead atoms. The number of hydrogen-bond donors (Lipinski definition) is 1. The van der Waals surface area contributed by atoms with Crippen molar-refractivity contribution in [3.05, 3.63) is 69.0 Å². The van der Waals surface area contributed by atoms with Crippen LogP contribution >= 0.6 is 22.7 Å². The molecular weight excluding hydrogens is 383 g/mol. The summed E-state index contributed by atoms with van der Waals surface area (Å²) in [6, 6.07) is 11.9. The highest BCUT2D eigenvalue weighted by Crippen LogP contribution is 2.31. The maximum Gasteiger partial charge on any atom is 0.264 e. The zero-order chi connectivity index (χ0) is 19.6. The van der Waals surface area contributed by atoms with Gasteiger partial charge in [-0.2, -0.15) is 0 Å². The minimum atomic E-state index is -0.547. The molecule has 3 rings (SSSR count). The molecular formula is C20H19FN2O2S2. The van der Waals surface area contributed by atoms with Crippen LogP contribution in [0.2, 0.25) is 0 Å². The van der Waals surface area contributed by atoms with Gasteiger partial charge in [0, 0.05) is 26.7 Å². The molecule has 2 N–H and O–H groups in total. The Balaban J connectivity index is 1.82. The van der Waals surface area contributed by atoms with E-state index in [2.05, 4.69) is 0 Å². The quantitative estimate of drug-likeness (QED) is 0.646. The van der Waals surface area contributed by atoms with E-state index in [0.29, 0.717) is 22.5 Å². The molecule has 2 amide bonds. The number of carbonyl (C=O) groups is 2. The molecule has 0 fully saturated rings. The monoisotopic (exact) mass is 402 g/mol. The molecule has 3 aromatic rings. The van der Waals surface area contributed by atoms with Crippen LogP contribution in [0.15, 0.2) is 47.8 Å². The van der Waals surface area contributed by atoms with Gasteiger partial charge >= 0.3 is 0 Å². The van der Waals surface area contributed by atoms with Gasteiger partial charge in [-0.3, -0.25) is 9.59 Å². The Bertz CT molecular complexity index is 978. The Hall–Kier alpha value is -2.51. The lowest BCUT2D eigenvalue weighted by molar-refractivity contribution is 0.0697. The Morgan fingerprint density at radius 2 is 1.93 bits per heavy atom. The van der Waals surface area contributed by atoms with Crippen LogP contribution in [0.3, 0.4) is 0 Å². The standard InChI is InChI=1S/C20H19FN2O2S2/c1-12(2)23(20(25)18-9-13(11-26-18)19(22)24)10-14-7-8-17(27-14)15-5-3-4-6-16(15)21/h3-9,11-12H,10H2,1-2H3,(H2,22,24). The molecule has 0 atom stereocenters. The molecule has 1 aromatic carbocycles.